The summed E-state index contributed by atoms with van der Waals surface area (Å²) in [5.41, 5.74) is 6.21. The fraction of sp³-hybridized carbons (Fsp3) is 0.294. The normalized spacial score (nSPS) is 10.9. The molecule has 1 heterocycles. The Hall–Kier alpha value is -3.16. The van der Waals surface area contributed by atoms with Crippen molar-refractivity contribution in [3.8, 4) is 0 Å². The van der Waals surface area contributed by atoms with E-state index >= 15 is 0 Å². The Kier molecular flexibility index (Phi) is 5.21. The van der Waals surface area contributed by atoms with Crippen molar-refractivity contribution in [2.45, 2.75) is 26.3 Å². The Morgan fingerprint density at radius 3 is 2.56 bits per heavy atom. The lowest BCUT2D eigenvalue weighted by molar-refractivity contribution is 0.0600. The van der Waals surface area contributed by atoms with Crippen LogP contribution in [0.15, 0.2) is 30.5 Å². The number of hydrogen-bond donors (Lipinski definition) is 3. The Balaban J connectivity index is 2.38. The van der Waals surface area contributed by atoms with Crippen LogP contribution in [0.2, 0.25) is 0 Å². The monoisotopic (exact) mass is 343 g/mol. The number of rotatable bonds is 5. The number of ether oxygens (including phenoxy) is 1. The lowest BCUT2D eigenvalue weighted by Crippen LogP contribution is -2.28. The van der Waals surface area contributed by atoms with Crippen molar-refractivity contribution in [2.75, 3.05) is 17.7 Å². The zero-order valence-corrected chi connectivity index (χ0v) is 14.6. The molecule has 1 aromatic carbocycles. The maximum absolute atomic E-state index is 11.6. The first-order valence-electron chi connectivity index (χ1n) is 7.60. The molecule has 8 nitrogen and oxygen atoms in total. The van der Waals surface area contributed by atoms with Gasteiger partial charge in [0.25, 0.3) is 5.91 Å². The molecule has 0 fully saturated rings. The molecular formula is C17H21N5O3. The molecule has 1 aromatic heterocycles. The Bertz CT molecular complexity index is 799. The number of nitrogens with one attached hydrogen (secondary N) is 2. The molecule has 1 amide bonds. The van der Waals surface area contributed by atoms with E-state index in [1.165, 1.54) is 13.3 Å². The molecule has 0 saturated heterocycles. The van der Waals surface area contributed by atoms with Gasteiger partial charge in [0.15, 0.2) is 0 Å². The summed E-state index contributed by atoms with van der Waals surface area (Å²) < 4.78 is 4.70. The second-order valence-electron chi connectivity index (χ2n) is 6.39. The van der Waals surface area contributed by atoms with Gasteiger partial charge in [-0.1, -0.05) is 6.07 Å². The number of benzene rings is 1. The molecule has 0 saturated carbocycles. The fourth-order valence-corrected chi connectivity index (χ4v) is 2.03. The van der Waals surface area contributed by atoms with Gasteiger partial charge in [-0.3, -0.25) is 4.79 Å². The minimum Gasteiger partial charge on any atom is -0.465 e. The molecular weight excluding hydrogens is 322 g/mol. The molecule has 0 unspecified atom stereocenters. The number of esters is 1. The van der Waals surface area contributed by atoms with Crippen LogP contribution in [0.3, 0.4) is 0 Å². The maximum atomic E-state index is 11.6. The van der Waals surface area contributed by atoms with E-state index in [2.05, 4.69) is 20.6 Å². The van der Waals surface area contributed by atoms with Gasteiger partial charge in [-0.25, -0.2) is 9.78 Å². The summed E-state index contributed by atoms with van der Waals surface area (Å²) in [7, 11) is 1.31. The van der Waals surface area contributed by atoms with E-state index in [0.29, 0.717) is 17.2 Å². The van der Waals surface area contributed by atoms with Crippen LogP contribution in [0.25, 0.3) is 0 Å². The first kappa shape index (κ1) is 18.2. The zero-order valence-electron chi connectivity index (χ0n) is 14.6. The lowest BCUT2D eigenvalue weighted by Gasteiger charge is -2.21. The predicted molar refractivity (Wildman–Crippen MR) is 95.0 cm³/mol. The van der Waals surface area contributed by atoms with Crippen molar-refractivity contribution in [2.24, 2.45) is 5.73 Å². The number of anilines is 3. The molecule has 0 aliphatic heterocycles. The summed E-state index contributed by atoms with van der Waals surface area (Å²) >= 11 is 0. The predicted octanol–water partition coefficient (Wildman–Crippen LogP) is 2.32. The highest BCUT2D eigenvalue weighted by atomic mass is 16.5. The minimum absolute atomic E-state index is 0.142. The third-order valence-electron chi connectivity index (χ3n) is 3.09. The second-order valence-corrected chi connectivity index (χ2v) is 6.39. The van der Waals surface area contributed by atoms with E-state index in [9.17, 15) is 9.59 Å². The molecule has 2 rings (SSSR count). The number of hydrogen-bond acceptors (Lipinski definition) is 7. The third kappa shape index (κ3) is 4.90. The van der Waals surface area contributed by atoms with Crippen LogP contribution in [0, 0.1) is 0 Å². The molecule has 25 heavy (non-hydrogen) atoms. The quantitative estimate of drug-likeness (QED) is 0.713. The topological polar surface area (TPSA) is 119 Å². The Morgan fingerprint density at radius 1 is 1.24 bits per heavy atom. The van der Waals surface area contributed by atoms with Crippen LogP contribution in [-0.4, -0.2) is 34.5 Å². The standard InChI is InChI=1S/C17H21N5O3/c1-17(2,3)22-16-19-9-12(13(18)23)14(21-16)20-11-7-5-6-10(8-11)15(24)25-4/h5-9H,1-4H3,(H2,18,23)(H2,19,20,21,22). The molecule has 132 valence electrons. The van der Waals surface area contributed by atoms with Gasteiger partial charge in [-0.2, -0.15) is 4.98 Å². The van der Waals surface area contributed by atoms with Crippen LogP contribution < -0.4 is 16.4 Å². The fourth-order valence-electron chi connectivity index (χ4n) is 2.03. The smallest absolute Gasteiger partial charge is 0.337 e. The van der Waals surface area contributed by atoms with Gasteiger partial charge in [0, 0.05) is 17.4 Å². The average molecular weight is 343 g/mol. The molecule has 0 radical (unpaired) electrons. The van der Waals surface area contributed by atoms with Gasteiger partial charge in [0.1, 0.15) is 11.4 Å². The van der Waals surface area contributed by atoms with Gasteiger partial charge in [-0.05, 0) is 39.0 Å². The minimum atomic E-state index is -0.658. The number of aromatic nitrogens is 2. The van der Waals surface area contributed by atoms with E-state index in [1.54, 1.807) is 24.3 Å². The largest absolute Gasteiger partial charge is 0.465 e. The number of carbonyl (C=O) groups is 2. The van der Waals surface area contributed by atoms with Crippen LogP contribution >= 0.6 is 0 Å². The highest BCUT2D eigenvalue weighted by molar-refractivity contribution is 5.98. The number of carbonyl (C=O) groups excluding carboxylic acids is 2. The number of nitrogens with zero attached hydrogens (tertiary/aromatic N) is 2. The second kappa shape index (κ2) is 7.16. The lowest BCUT2D eigenvalue weighted by atomic mass is 10.1. The summed E-state index contributed by atoms with van der Waals surface area (Å²) in [6.45, 7) is 5.89. The molecule has 8 heteroatoms. The van der Waals surface area contributed by atoms with Crippen LogP contribution in [-0.2, 0) is 4.74 Å². The van der Waals surface area contributed by atoms with Gasteiger partial charge >= 0.3 is 5.97 Å². The van der Waals surface area contributed by atoms with Gasteiger partial charge < -0.3 is 21.1 Å². The number of primary amides is 1. The third-order valence-corrected chi connectivity index (χ3v) is 3.09. The van der Waals surface area contributed by atoms with Crippen molar-refractivity contribution < 1.29 is 14.3 Å². The molecule has 0 bridgehead atoms. The first-order valence-corrected chi connectivity index (χ1v) is 7.60. The Morgan fingerprint density at radius 2 is 1.96 bits per heavy atom. The molecule has 4 N–H and O–H groups in total. The van der Waals surface area contributed by atoms with E-state index < -0.39 is 11.9 Å². The van der Waals surface area contributed by atoms with Crippen molar-refractivity contribution in [1.29, 1.82) is 0 Å². The Labute approximate surface area is 145 Å². The van der Waals surface area contributed by atoms with Crippen molar-refractivity contribution in [3.05, 3.63) is 41.6 Å². The first-order chi connectivity index (χ1) is 11.7. The SMILES string of the molecule is COC(=O)c1cccc(Nc2nc(NC(C)(C)C)ncc2C(N)=O)c1. The molecule has 0 aliphatic rings. The van der Waals surface area contributed by atoms with Crippen molar-refractivity contribution >= 4 is 29.3 Å². The number of nitrogens with two attached hydrogens (primary N) is 1. The van der Waals surface area contributed by atoms with E-state index in [0.717, 1.165) is 0 Å². The molecule has 0 aliphatic carbocycles. The zero-order chi connectivity index (χ0) is 18.6. The summed E-state index contributed by atoms with van der Waals surface area (Å²) in [4.78, 5) is 31.7. The van der Waals surface area contributed by atoms with Crippen LogP contribution in [0.4, 0.5) is 17.5 Å². The highest BCUT2D eigenvalue weighted by Gasteiger charge is 2.16. The van der Waals surface area contributed by atoms with Crippen LogP contribution in [0.5, 0.6) is 0 Å². The van der Waals surface area contributed by atoms with Gasteiger partial charge in [0.2, 0.25) is 5.95 Å². The van der Waals surface area contributed by atoms with Crippen molar-refractivity contribution in [3.63, 3.8) is 0 Å². The number of methoxy groups -OCH3 is 1. The van der Waals surface area contributed by atoms with Crippen molar-refractivity contribution in [1.82, 2.24) is 9.97 Å². The van der Waals surface area contributed by atoms with Gasteiger partial charge in [0.05, 0.1) is 12.7 Å². The summed E-state index contributed by atoms with van der Waals surface area (Å²) in [5.74, 6) is -0.522. The van der Waals surface area contributed by atoms with E-state index in [1.807, 2.05) is 20.8 Å². The molecule has 2 aromatic rings. The summed E-state index contributed by atoms with van der Waals surface area (Å²) in [6.07, 6.45) is 1.36. The van der Waals surface area contributed by atoms with E-state index in [-0.39, 0.29) is 16.9 Å². The van der Waals surface area contributed by atoms with E-state index in [4.69, 9.17) is 10.5 Å². The molecule has 0 atom stereocenters. The average Bonchev–Trinajstić information content (AvgIpc) is 2.52. The summed E-state index contributed by atoms with van der Waals surface area (Å²) in [6, 6.07) is 6.64. The maximum Gasteiger partial charge on any atom is 0.337 e. The number of amides is 1. The van der Waals surface area contributed by atoms with Gasteiger partial charge in [-0.15, -0.1) is 0 Å². The molecule has 0 spiro atoms. The highest BCUT2D eigenvalue weighted by Crippen LogP contribution is 2.22. The van der Waals surface area contributed by atoms with Crippen LogP contribution in [0.1, 0.15) is 41.5 Å². The summed E-state index contributed by atoms with van der Waals surface area (Å²) in [5, 5.41) is 6.12.